The number of nitrogens with one attached hydrogen (secondary N) is 1. The Labute approximate surface area is 191 Å². The summed E-state index contributed by atoms with van der Waals surface area (Å²) in [5, 5.41) is 4.10. The highest BCUT2D eigenvalue weighted by Gasteiger charge is 2.16. The van der Waals surface area contributed by atoms with Crippen LogP contribution in [0.4, 0.5) is 14.6 Å². The summed E-state index contributed by atoms with van der Waals surface area (Å²) < 4.78 is 33.4. The molecule has 2 aromatic carbocycles. The van der Waals surface area contributed by atoms with Gasteiger partial charge in [0, 0.05) is 36.0 Å². The first kappa shape index (κ1) is 22.5. The van der Waals surface area contributed by atoms with Crippen molar-refractivity contribution in [2.75, 3.05) is 39.6 Å². The highest BCUT2D eigenvalue weighted by molar-refractivity contribution is 5.97. The van der Waals surface area contributed by atoms with Crippen LogP contribution in [0, 0.1) is 11.6 Å². The molecule has 0 saturated heterocycles. The number of benzene rings is 2. The summed E-state index contributed by atoms with van der Waals surface area (Å²) in [4.78, 5) is 15.8. The first-order valence-corrected chi connectivity index (χ1v) is 10.6. The molecule has 0 aliphatic heterocycles. The van der Waals surface area contributed by atoms with Crippen molar-refractivity contribution in [3.63, 3.8) is 0 Å². The number of aromatic nitrogens is 3. The first-order chi connectivity index (χ1) is 15.9. The minimum atomic E-state index is -0.644. The zero-order chi connectivity index (χ0) is 23.4. The van der Waals surface area contributed by atoms with Crippen LogP contribution in [0.25, 0.3) is 33.4 Å². The molecule has 0 unspecified atom stereocenters. The van der Waals surface area contributed by atoms with Crippen LogP contribution in [-0.2, 0) is 0 Å². The zero-order valence-corrected chi connectivity index (χ0v) is 18.8. The van der Waals surface area contributed by atoms with Gasteiger partial charge < -0.3 is 15.0 Å². The van der Waals surface area contributed by atoms with E-state index < -0.39 is 11.6 Å². The van der Waals surface area contributed by atoms with Gasteiger partial charge in [0.1, 0.15) is 28.7 Å². The van der Waals surface area contributed by atoms with Crippen molar-refractivity contribution in [2.45, 2.75) is 6.42 Å². The molecule has 4 aromatic rings. The second-order valence-electron chi connectivity index (χ2n) is 7.95. The quantitative estimate of drug-likeness (QED) is 0.382. The normalized spacial score (nSPS) is 11.2. The minimum absolute atomic E-state index is 0.405. The highest BCUT2D eigenvalue weighted by atomic mass is 19.1. The number of nitrogens with zero attached hydrogens (tertiary/aromatic N) is 4. The molecule has 2 heterocycles. The number of hydrogen-bond acceptors (Lipinski definition) is 6. The van der Waals surface area contributed by atoms with E-state index in [2.05, 4.69) is 15.2 Å². The van der Waals surface area contributed by atoms with Gasteiger partial charge in [-0.2, -0.15) is 0 Å². The molecular weight excluding hydrogens is 424 g/mol. The molecule has 33 heavy (non-hydrogen) atoms. The number of fused-ring (bicyclic) bond motifs is 1. The maximum atomic E-state index is 13.9. The van der Waals surface area contributed by atoms with Crippen LogP contribution in [0.2, 0.25) is 0 Å². The van der Waals surface area contributed by atoms with E-state index in [0.717, 1.165) is 24.6 Å². The number of pyridine rings is 1. The zero-order valence-electron chi connectivity index (χ0n) is 18.8. The standard InChI is InChI=1S/C25H25F2N5O/c1-32(2)9-5-8-29-25-21-12-18(17-10-19(26)14-20(27)11-17)13-22(33-3)23(21)30-24(31-25)16-6-4-7-28-15-16/h4,6-7,10-15H,5,8-9H2,1-3H3,(H,29,30,31). The molecule has 1 N–H and O–H groups in total. The number of methoxy groups -OCH3 is 1. The average molecular weight is 450 g/mol. The van der Waals surface area contributed by atoms with Gasteiger partial charge >= 0.3 is 0 Å². The summed E-state index contributed by atoms with van der Waals surface area (Å²) in [5.74, 6) is 0.322. The summed E-state index contributed by atoms with van der Waals surface area (Å²) in [7, 11) is 5.59. The van der Waals surface area contributed by atoms with Crippen LogP contribution in [-0.4, -0.2) is 54.1 Å². The van der Waals surface area contributed by atoms with Crippen molar-refractivity contribution >= 4 is 16.7 Å². The van der Waals surface area contributed by atoms with Crippen LogP contribution < -0.4 is 10.1 Å². The topological polar surface area (TPSA) is 63.2 Å². The molecule has 0 amide bonds. The number of anilines is 1. The Morgan fingerprint density at radius 3 is 2.39 bits per heavy atom. The summed E-state index contributed by atoms with van der Waals surface area (Å²) in [6, 6.07) is 10.7. The molecule has 0 aliphatic rings. The molecule has 0 atom stereocenters. The van der Waals surface area contributed by atoms with Crippen molar-refractivity contribution in [2.24, 2.45) is 0 Å². The molecule has 2 aromatic heterocycles. The lowest BCUT2D eigenvalue weighted by atomic mass is 10.0. The fraction of sp³-hybridized carbons (Fsp3) is 0.240. The first-order valence-electron chi connectivity index (χ1n) is 10.6. The Bertz CT molecular complexity index is 1240. The molecule has 0 fully saturated rings. The predicted molar refractivity (Wildman–Crippen MR) is 126 cm³/mol. The molecule has 0 spiro atoms. The summed E-state index contributed by atoms with van der Waals surface area (Å²) in [6.07, 6.45) is 4.30. The Balaban J connectivity index is 1.87. The second kappa shape index (κ2) is 9.87. The van der Waals surface area contributed by atoms with Crippen LogP contribution in [0.1, 0.15) is 6.42 Å². The predicted octanol–water partition coefficient (Wildman–Crippen LogP) is 5.01. The van der Waals surface area contributed by atoms with Crippen LogP contribution in [0.5, 0.6) is 5.75 Å². The van der Waals surface area contributed by atoms with Gasteiger partial charge in [0.25, 0.3) is 0 Å². The molecule has 8 heteroatoms. The lowest BCUT2D eigenvalue weighted by molar-refractivity contribution is 0.405. The monoisotopic (exact) mass is 449 g/mol. The molecule has 0 radical (unpaired) electrons. The SMILES string of the molecule is COc1cc(-c2cc(F)cc(F)c2)cc2c(NCCCN(C)C)nc(-c3cccnc3)nc12. The molecule has 4 rings (SSSR count). The molecule has 0 aliphatic carbocycles. The van der Waals surface area contributed by atoms with Crippen molar-refractivity contribution in [3.05, 3.63) is 66.5 Å². The van der Waals surface area contributed by atoms with Gasteiger partial charge in [0.15, 0.2) is 5.82 Å². The number of ether oxygens (including phenoxy) is 1. The second-order valence-corrected chi connectivity index (χ2v) is 7.95. The minimum Gasteiger partial charge on any atom is -0.494 e. The van der Waals surface area contributed by atoms with E-state index in [-0.39, 0.29) is 0 Å². The third-order valence-corrected chi connectivity index (χ3v) is 5.18. The largest absolute Gasteiger partial charge is 0.494 e. The van der Waals surface area contributed by atoms with Gasteiger partial charge in [-0.25, -0.2) is 18.7 Å². The number of hydrogen-bond donors (Lipinski definition) is 1. The fourth-order valence-electron chi connectivity index (χ4n) is 3.60. The Morgan fingerprint density at radius 2 is 1.73 bits per heavy atom. The van der Waals surface area contributed by atoms with E-state index in [0.29, 0.717) is 46.0 Å². The van der Waals surface area contributed by atoms with Gasteiger partial charge in [-0.1, -0.05) is 0 Å². The van der Waals surface area contributed by atoms with E-state index in [4.69, 9.17) is 14.7 Å². The Kier molecular flexibility index (Phi) is 6.74. The fourth-order valence-corrected chi connectivity index (χ4v) is 3.60. The van der Waals surface area contributed by atoms with E-state index >= 15 is 0 Å². The molecule has 6 nitrogen and oxygen atoms in total. The van der Waals surface area contributed by atoms with Crippen LogP contribution in [0.15, 0.2) is 54.9 Å². The van der Waals surface area contributed by atoms with Crippen molar-refractivity contribution in [3.8, 4) is 28.3 Å². The lowest BCUT2D eigenvalue weighted by Gasteiger charge is -2.15. The van der Waals surface area contributed by atoms with Gasteiger partial charge in [0.05, 0.1) is 7.11 Å². The van der Waals surface area contributed by atoms with Gasteiger partial charge in [0.2, 0.25) is 0 Å². The van der Waals surface area contributed by atoms with Crippen LogP contribution >= 0.6 is 0 Å². The van der Waals surface area contributed by atoms with E-state index in [1.807, 2.05) is 32.3 Å². The molecule has 0 saturated carbocycles. The third-order valence-electron chi connectivity index (χ3n) is 5.18. The Hall–Kier alpha value is -3.65. The smallest absolute Gasteiger partial charge is 0.163 e. The van der Waals surface area contributed by atoms with Crippen molar-refractivity contribution in [1.29, 1.82) is 0 Å². The maximum Gasteiger partial charge on any atom is 0.163 e. The van der Waals surface area contributed by atoms with Crippen LogP contribution in [0.3, 0.4) is 0 Å². The number of rotatable bonds is 8. The lowest BCUT2D eigenvalue weighted by Crippen LogP contribution is -2.17. The van der Waals surface area contributed by atoms with E-state index in [1.165, 1.54) is 12.1 Å². The van der Waals surface area contributed by atoms with Gasteiger partial charge in [-0.15, -0.1) is 0 Å². The highest BCUT2D eigenvalue weighted by Crippen LogP contribution is 2.36. The molecule has 170 valence electrons. The summed E-state index contributed by atoms with van der Waals surface area (Å²) >= 11 is 0. The number of halogens is 2. The average Bonchev–Trinajstić information content (AvgIpc) is 2.80. The van der Waals surface area contributed by atoms with E-state index in [1.54, 1.807) is 25.6 Å². The Morgan fingerprint density at radius 1 is 0.970 bits per heavy atom. The molecular formula is C25H25F2N5O. The van der Waals surface area contributed by atoms with Gasteiger partial charge in [-0.3, -0.25) is 4.98 Å². The van der Waals surface area contributed by atoms with Crippen molar-refractivity contribution in [1.82, 2.24) is 19.9 Å². The summed E-state index contributed by atoms with van der Waals surface area (Å²) in [6.45, 7) is 1.61. The van der Waals surface area contributed by atoms with E-state index in [9.17, 15) is 8.78 Å². The maximum absolute atomic E-state index is 13.9. The van der Waals surface area contributed by atoms with Gasteiger partial charge in [-0.05, 0) is 74.6 Å². The van der Waals surface area contributed by atoms with Crippen molar-refractivity contribution < 1.29 is 13.5 Å². The third kappa shape index (κ3) is 5.23. The summed E-state index contributed by atoms with van der Waals surface area (Å²) in [5.41, 5.74) is 2.38. The molecule has 0 bridgehead atoms.